The van der Waals surface area contributed by atoms with Gasteiger partial charge in [0.1, 0.15) is 0 Å². The summed E-state index contributed by atoms with van der Waals surface area (Å²) >= 11 is 0. The van der Waals surface area contributed by atoms with Crippen molar-refractivity contribution >= 4 is 0 Å². The molecule has 1 unspecified atom stereocenters. The van der Waals surface area contributed by atoms with Crippen molar-refractivity contribution in [1.82, 2.24) is 5.32 Å². The fraction of sp³-hybridized carbons (Fsp3) is 0.429. The van der Waals surface area contributed by atoms with E-state index in [9.17, 15) is 5.11 Å². The number of hydrogen-bond acceptors (Lipinski definition) is 2. The van der Waals surface area contributed by atoms with Crippen LogP contribution < -0.4 is 5.32 Å². The maximum Gasteiger partial charge on any atom is 0.0626 e. The largest absolute Gasteiger partial charge is 0.394 e. The number of nitrogens with one attached hydrogen (secondary N) is 1. The van der Waals surface area contributed by atoms with Crippen LogP contribution in [-0.4, -0.2) is 17.8 Å². The molecule has 0 spiro atoms. The van der Waals surface area contributed by atoms with Crippen LogP contribution in [0.3, 0.4) is 0 Å². The second-order valence-electron chi connectivity index (χ2n) is 4.08. The molecule has 16 heavy (non-hydrogen) atoms. The van der Waals surface area contributed by atoms with Gasteiger partial charge in [0.25, 0.3) is 0 Å². The molecule has 0 fully saturated rings. The summed E-state index contributed by atoms with van der Waals surface area (Å²) in [7, 11) is 0. The third-order valence-corrected chi connectivity index (χ3v) is 2.67. The lowest BCUT2D eigenvalue weighted by Gasteiger charge is -2.21. The molecule has 0 bridgehead atoms. The van der Waals surface area contributed by atoms with Gasteiger partial charge in [0, 0.05) is 6.04 Å². The highest BCUT2D eigenvalue weighted by Gasteiger charge is 2.12. The van der Waals surface area contributed by atoms with Gasteiger partial charge in [-0.25, -0.2) is 0 Å². The monoisotopic (exact) mass is 219 g/mol. The topological polar surface area (TPSA) is 32.3 Å². The Labute approximate surface area is 98.0 Å². The van der Waals surface area contributed by atoms with E-state index in [-0.39, 0.29) is 12.6 Å². The van der Waals surface area contributed by atoms with Gasteiger partial charge in [0.15, 0.2) is 0 Å². The zero-order valence-electron chi connectivity index (χ0n) is 9.89. The van der Waals surface area contributed by atoms with Crippen molar-refractivity contribution in [3.63, 3.8) is 0 Å². The lowest BCUT2D eigenvalue weighted by Crippen LogP contribution is -2.32. The maximum absolute atomic E-state index is 9.37. The van der Waals surface area contributed by atoms with Gasteiger partial charge < -0.3 is 10.4 Å². The van der Waals surface area contributed by atoms with E-state index in [1.807, 2.05) is 36.4 Å². The summed E-state index contributed by atoms with van der Waals surface area (Å²) in [5.74, 6) is 0. The minimum Gasteiger partial charge on any atom is -0.394 e. The first kappa shape index (κ1) is 12.9. The van der Waals surface area contributed by atoms with Gasteiger partial charge in [-0.3, -0.25) is 0 Å². The van der Waals surface area contributed by atoms with E-state index in [0.717, 1.165) is 18.4 Å². The molecule has 2 atom stereocenters. The van der Waals surface area contributed by atoms with Crippen molar-refractivity contribution < 1.29 is 5.11 Å². The fourth-order valence-electron chi connectivity index (χ4n) is 1.73. The van der Waals surface area contributed by atoms with E-state index in [1.165, 1.54) is 0 Å². The Morgan fingerprint density at radius 3 is 2.62 bits per heavy atom. The van der Waals surface area contributed by atoms with Gasteiger partial charge in [0.05, 0.1) is 12.6 Å². The van der Waals surface area contributed by atoms with E-state index >= 15 is 0 Å². The summed E-state index contributed by atoms with van der Waals surface area (Å²) in [6.45, 7) is 5.97. The Balaban J connectivity index is 2.52. The Morgan fingerprint density at radius 1 is 1.38 bits per heavy atom. The van der Waals surface area contributed by atoms with E-state index < -0.39 is 0 Å². The number of aliphatic hydroxyl groups is 1. The summed E-state index contributed by atoms with van der Waals surface area (Å²) < 4.78 is 0. The number of aliphatic hydroxyl groups excluding tert-OH is 1. The predicted molar refractivity (Wildman–Crippen MR) is 68.3 cm³/mol. The average Bonchev–Trinajstić information content (AvgIpc) is 2.34. The summed E-state index contributed by atoms with van der Waals surface area (Å²) in [6.07, 6.45) is 3.97. The van der Waals surface area contributed by atoms with Crippen LogP contribution >= 0.6 is 0 Å². The Bertz CT molecular complexity index is 297. The van der Waals surface area contributed by atoms with Crippen LogP contribution in [0.25, 0.3) is 0 Å². The van der Waals surface area contributed by atoms with Crippen LogP contribution in [0, 0.1) is 0 Å². The Kier molecular flexibility index (Phi) is 5.83. The van der Waals surface area contributed by atoms with Gasteiger partial charge >= 0.3 is 0 Å². The molecular weight excluding hydrogens is 198 g/mol. The van der Waals surface area contributed by atoms with Gasteiger partial charge in [-0.2, -0.15) is 0 Å². The molecule has 2 N–H and O–H groups in total. The molecule has 0 amide bonds. The molecule has 0 aliphatic carbocycles. The predicted octanol–water partition coefficient (Wildman–Crippen LogP) is 2.66. The number of hydrogen-bond donors (Lipinski definition) is 2. The lowest BCUT2D eigenvalue weighted by molar-refractivity contribution is 0.233. The zero-order chi connectivity index (χ0) is 11.8. The normalized spacial score (nSPS) is 14.4. The van der Waals surface area contributed by atoms with Crippen molar-refractivity contribution in [1.29, 1.82) is 0 Å². The molecule has 2 nitrogen and oxygen atoms in total. The molecule has 0 aliphatic heterocycles. The van der Waals surface area contributed by atoms with Crippen molar-refractivity contribution in [2.45, 2.75) is 31.8 Å². The lowest BCUT2D eigenvalue weighted by atomic mass is 10.1. The molecule has 1 aromatic carbocycles. The van der Waals surface area contributed by atoms with Crippen molar-refractivity contribution in [3.05, 3.63) is 48.6 Å². The summed E-state index contributed by atoms with van der Waals surface area (Å²) in [4.78, 5) is 0. The zero-order valence-corrected chi connectivity index (χ0v) is 9.89. The van der Waals surface area contributed by atoms with E-state index in [2.05, 4.69) is 18.8 Å². The van der Waals surface area contributed by atoms with Crippen LogP contribution in [0.4, 0.5) is 0 Å². The highest BCUT2D eigenvalue weighted by atomic mass is 16.3. The summed E-state index contributed by atoms with van der Waals surface area (Å²) in [5.41, 5.74) is 1.13. The Morgan fingerprint density at radius 2 is 2.06 bits per heavy atom. The molecule has 0 heterocycles. The second kappa shape index (κ2) is 7.20. The maximum atomic E-state index is 9.37. The van der Waals surface area contributed by atoms with Crippen LogP contribution in [0.1, 0.15) is 31.4 Å². The summed E-state index contributed by atoms with van der Waals surface area (Å²) in [5, 5.41) is 12.8. The van der Waals surface area contributed by atoms with Crippen molar-refractivity contribution in [2.75, 3.05) is 6.61 Å². The van der Waals surface area contributed by atoms with Gasteiger partial charge in [-0.1, -0.05) is 36.4 Å². The van der Waals surface area contributed by atoms with Crippen LogP contribution in [-0.2, 0) is 0 Å². The van der Waals surface area contributed by atoms with E-state index in [4.69, 9.17) is 0 Å². The van der Waals surface area contributed by atoms with Crippen molar-refractivity contribution in [3.8, 4) is 0 Å². The smallest absolute Gasteiger partial charge is 0.0626 e. The number of benzene rings is 1. The van der Waals surface area contributed by atoms with Gasteiger partial charge in [0.2, 0.25) is 0 Å². The Hall–Kier alpha value is -1.12. The quantitative estimate of drug-likeness (QED) is 0.691. The third kappa shape index (κ3) is 4.17. The molecule has 88 valence electrons. The van der Waals surface area contributed by atoms with Crippen LogP contribution in [0.5, 0.6) is 0 Å². The minimum absolute atomic E-state index is 0.0287. The number of allylic oxidation sites excluding steroid dienone is 1. The van der Waals surface area contributed by atoms with Gasteiger partial charge in [-0.05, 0) is 25.3 Å². The average molecular weight is 219 g/mol. The van der Waals surface area contributed by atoms with E-state index in [1.54, 1.807) is 0 Å². The molecule has 1 aromatic rings. The highest BCUT2D eigenvalue weighted by molar-refractivity contribution is 5.19. The second-order valence-corrected chi connectivity index (χ2v) is 4.08. The molecule has 2 heteroatoms. The highest BCUT2D eigenvalue weighted by Crippen LogP contribution is 2.13. The van der Waals surface area contributed by atoms with Crippen molar-refractivity contribution in [2.24, 2.45) is 0 Å². The minimum atomic E-state index is 0.0287. The number of rotatable bonds is 7. The molecule has 1 rings (SSSR count). The molecular formula is C14H21NO. The van der Waals surface area contributed by atoms with Crippen LogP contribution in [0.2, 0.25) is 0 Å². The fourth-order valence-corrected chi connectivity index (χ4v) is 1.73. The summed E-state index contributed by atoms with van der Waals surface area (Å²) in [6, 6.07) is 10.5. The first-order valence-electron chi connectivity index (χ1n) is 5.80. The molecule has 0 radical (unpaired) electrons. The molecule has 0 saturated carbocycles. The molecule has 0 aromatic heterocycles. The van der Waals surface area contributed by atoms with E-state index in [0.29, 0.717) is 6.04 Å². The van der Waals surface area contributed by atoms with Crippen LogP contribution in [0.15, 0.2) is 43.0 Å². The third-order valence-electron chi connectivity index (χ3n) is 2.67. The first-order chi connectivity index (χ1) is 7.77. The SMILES string of the molecule is C=CCCC(C)N[C@@H](CO)c1ccccc1. The molecule has 0 saturated heterocycles. The first-order valence-corrected chi connectivity index (χ1v) is 5.80. The van der Waals surface area contributed by atoms with Gasteiger partial charge in [-0.15, -0.1) is 6.58 Å². The standard InChI is InChI=1S/C14H21NO/c1-3-4-8-12(2)15-14(11-16)13-9-6-5-7-10-13/h3,5-7,9-10,12,14-16H,1,4,8,11H2,2H3/t12?,14-/m0/s1. The molecule has 0 aliphatic rings.